The van der Waals surface area contributed by atoms with Crippen LogP contribution < -0.4 is 5.32 Å². The van der Waals surface area contributed by atoms with Crippen LogP contribution in [0.25, 0.3) is 17.0 Å². The summed E-state index contributed by atoms with van der Waals surface area (Å²) in [5, 5.41) is 15.3. The van der Waals surface area contributed by atoms with Gasteiger partial charge in [-0.2, -0.15) is 5.26 Å². The maximum absolute atomic E-state index is 13.0. The lowest BCUT2D eigenvalue weighted by Gasteiger charge is -2.33. The highest BCUT2D eigenvalue weighted by atomic mass is 79.9. The van der Waals surface area contributed by atoms with Crippen molar-refractivity contribution in [2.45, 2.75) is 45.3 Å². The molecular weight excluding hydrogens is 500 g/mol. The van der Waals surface area contributed by atoms with E-state index < -0.39 is 5.91 Å². The van der Waals surface area contributed by atoms with Crippen LogP contribution >= 0.6 is 27.3 Å². The van der Waals surface area contributed by atoms with Crippen molar-refractivity contribution in [3.8, 4) is 6.07 Å². The van der Waals surface area contributed by atoms with Crippen LogP contribution in [0, 0.1) is 11.3 Å². The number of likely N-dealkylation sites (tertiary alicyclic amines) is 1. The Morgan fingerprint density at radius 1 is 1.33 bits per heavy atom. The molecular formula is C25H25BrN4O2S. The molecule has 4 rings (SSSR count). The van der Waals surface area contributed by atoms with Crippen LogP contribution in [0.5, 0.6) is 0 Å². The predicted molar refractivity (Wildman–Crippen MR) is 134 cm³/mol. The number of carbonyl (C=O) groups excluding carboxylic acids is 2. The summed E-state index contributed by atoms with van der Waals surface area (Å²) in [5.41, 5.74) is 1.65. The van der Waals surface area contributed by atoms with Crippen molar-refractivity contribution in [2.24, 2.45) is 0 Å². The van der Waals surface area contributed by atoms with Crippen molar-refractivity contribution in [3.63, 3.8) is 0 Å². The first-order valence-corrected chi connectivity index (χ1v) is 12.6. The van der Waals surface area contributed by atoms with E-state index in [1.165, 1.54) is 0 Å². The number of nitrogens with zero attached hydrogens (tertiary/aromatic N) is 3. The number of nitriles is 1. The third-order valence-electron chi connectivity index (χ3n) is 5.97. The fraction of sp³-hybridized carbons (Fsp3) is 0.320. The Bertz CT molecular complexity index is 1240. The van der Waals surface area contributed by atoms with Gasteiger partial charge in [0.15, 0.2) is 0 Å². The molecule has 2 aromatic heterocycles. The summed E-state index contributed by atoms with van der Waals surface area (Å²) in [6.07, 6.45) is 6.68. The van der Waals surface area contributed by atoms with E-state index in [-0.39, 0.29) is 24.1 Å². The lowest BCUT2D eigenvalue weighted by atomic mass is 10.0. The molecule has 2 amide bonds. The number of hydrogen-bond acceptors (Lipinski definition) is 4. The molecule has 170 valence electrons. The van der Waals surface area contributed by atoms with Gasteiger partial charge in [0.05, 0.1) is 6.54 Å². The van der Waals surface area contributed by atoms with E-state index in [2.05, 4.69) is 28.2 Å². The summed E-state index contributed by atoms with van der Waals surface area (Å²) in [6, 6.07) is 12.0. The summed E-state index contributed by atoms with van der Waals surface area (Å²) >= 11 is 5.06. The number of halogens is 1. The number of fused-ring (bicyclic) bond motifs is 1. The standard InChI is InChI=1S/C25H25BrN4O2S/c1-17-5-2-3-9-30(17)24(31)16-29-15-19(22-12-20(26)7-8-23(22)29)11-18(13-27)25(32)28-14-21-6-4-10-33-21/h4,6-8,10-12,15,17H,2-3,5,9,14,16H2,1H3,(H,28,32)/b18-11+/t17-/m1/s1. The molecule has 0 unspecified atom stereocenters. The van der Waals surface area contributed by atoms with Crippen LogP contribution in [0.2, 0.25) is 0 Å². The van der Waals surface area contributed by atoms with Crippen molar-refractivity contribution in [1.29, 1.82) is 5.26 Å². The second kappa shape index (κ2) is 10.4. The van der Waals surface area contributed by atoms with Crippen molar-refractivity contribution >= 4 is 56.1 Å². The molecule has 0 aliphatic carbocycles. The molecule has 0 saturated carbocycles. The van der Waals surface area contributed by atoms with Crippen LogP contribution in [0.3, 0.4) is 0 Å². The first-order chi connectivity index (χ1) is 16.0. The number of aromatic nitrogens is 1. The van der Waals surface area contributed by atoms with Crippen LogP contribution in [0.4, 0.5) is 0 Å². The lowest BCUT2D eigenvalue weighted by Crippen LogP contribution is -2.43. The highest BCUT2D eigenvalue weighted by Crippen LogP contribution is 2.28. The normalized spacial score (nSPS) is 16.6. The fourth-order valence-corrected chi connectivity index (χ4v) is 5.23. The molecule has 1 atom stereocenters. The molecule has 0 bridgehead atoms. The molecule has 1 fully saturated rings. The van der Waals surface area contributed by atoms with E-state index in [4.69, 9.17) is 0 Å². The molecule has 0 spiro atoms. The highest BCUT2D eigenvalue weighted by molar-refractivity contribution is 9.10. The van der Waals surface area contributed by atoms with E-state index in [1.807, 2.05) is 57.4 Å². The van der Waals surface area contributed by atoms with Gasteiger partial charge in [-0.3, -0.25) is 9.59 Å². The lowest BCUT2D eigenvalue weighted by molar-refractivity contribution is -0.135. The number of benzene rings is 1. The average molecular weight is 525 g/mol. The molecule has 1 aliphatic heterocycles. The molecule has 1 aliphatic rings. The molecule has 3 heterocycles. The zero-order valence-electron chi connectivity index (χ0n) is 18.4. The second-order valence-electron chi connectivity index (χ2n) is 8.24. The summed E-state index contributed by atoms with van der Waals surface area (Å²) in [7, 11) is 0. The molecule has 1 N–H and O–H groups in total. The first-order valence-electron chi connectivity index (χ1n) is 11.0. The average Bonchev–Trinajstić information content (AvgIpc) is 3.44. The van der Waals surface area contributed by atoms with E-state index >= 15 is 0 Å². The van der Waals surface area contributed by atoms with Crippen molar-refractivity contribution in [1.82, 2.24) is 14.8 Å². The van der Waals surface area contributed by atoms with Crippen molar-refractivity contribution in [3.05, 3.63) is 62.4 Å². The smallest absolute Gasteiger partial charge is 0.262 e. The van der Waals surface area contributed by atoms with Crippen LogP contribution in [0.1, 0.15) is 36.6 Å². The molecule has 0 radical (unpaired) electrons. The number of nitrogens with one attached hydrogen (secondary N) is 1. The SMILES string of the molecule is C[C@@H]1CCCCN1C(=O)Cn1cc(/C=C(\C#N)C(=O)NCc2cccs2)c2cc(Br)ccc21. The first kappa shape index (κ1) is 23.3. The Labute approximate surface area is 205 Å². The van der Waals surface area contributed by atoms with E-state index in [0.29, 0.717) is 6.54 Å². The number of thiophene rings is 1. The van der Waals surface area contributed by atoms with E-state index in [9.17, 15) is 14.9 Å². The Balaban J connectivity index is 1.61. The minimum Gasteiger partial charge on any atom is -0.347 e. The van der Waals surface area contributed by atoms with Gasteiger partial charge in [-0.15, -0.1) is 11.3 Å². The van der Waals surface area contributed by atoms with E-state index in [0.717, 1.165) is 51.6 Å². The van der Waals surface area contributed by atoms with Gasteiger partial charge in [0.2, 0.25) is 5.91 Å². The third-order valence-corrected chi connectivity index (χ3v) is 7.34. The predicted octanol–water partition coefficient (Wildman–Crippen LogP) is 5.09. The molecule has 1 aromatic carbocycles. The number of rotatable bonds is 6. The number of carbonyl (C=O) groups is 2. The zero-order chi connectivity index (χ0) is 23.4. The van der Waals surface area contributed by atoms with Gasteiger partial charge in [0, 0.05) is 44.6 Å². The Morgan fingerprint density at radius 3 is 2.91 bits per heavy atom. The van der Waals surface area contributed by atoms with Crippen LogP contribution in [-0.2, 0) is 22.7 Å². The Hall–Kier alpha value is -2.89. The maximum Gasteiger partial charge on any atom is 0.262 e. The van der Waals surface area contributed by atoms with E-state index in [1.54, 1.807) is 17.4 Å². The monoisotopic (exact) mass is 524 g/mol. The highest BCUT2D eigenvalue weighted by Gasteiger charge is 2.24. The largest absolute Gasteiger partial charge is 0.347 e. The molecule has 1 saturated heterocycles. The van der Waals surface area contributed by atoms with Gasteiger partial charge in [0.1, 0.15) is 18.2 Å². The van der Waals surface area contributed by atoms with Gasteiger partial charge in [-0.25, -0.2) is 0 Å². The van der Waals surface area contributed by atoms with Gasteiger partial charge < -0.3 is 14.8 Å². The second-order valence-corrected chi connectivity index (χ2v) is 10.2. The van der Waals surface area contributed by atoms with Gasteiger partial charge in [0.25, 0.3) is 5.91 Å². The number of amides is 2. The molecule has 8 heteroatoms. The van der Waals surface area contributed by atoms with Crippen molar-refractivity contribution in [2.75, 3.05) is 6.54 Å². The number of hydrogen-bond donors (Lipinski definition) is 1. The summed E-state index contributed by atoms with van der Waals surface area (Å²) in [4.78, 5) is 28.7. The molecule has 3 aromatic rings. The van der Waals surface area contributed by atoms with Crippen LogP contribution in [-0.4, -0.2) is 33.9 Å². The maximum atomic E-state index is 13.0. The van der Waals surface area contributed by atoms with Crippen LogP contribution in [0.15, 0.2) is 52.0 Å². The van der Waals surface area contributed by atoms with Gasteiger partial charge >= 0.3 is 0 Å². The summed E-state index contributed by atoms with van der Waals surface area (Å²) in [6.45, 7) is 3.50. The topological polar surface area (TPSA) is 78.1 Å². The summed E-state index contributed by atoms with van der Waals surface area (Å²) in [5.74, 6) is -0.327. The Morgan fingerprint density at radius 2 is 2.18 bits per heavy atom. The summed E-state index contributed by atoms with van der Waals surface area (Å²) < 4.78 is 2.80. The minimum atomic E-state index is -0.417. The Kier molecular flexibility index (Phi) is 7.31. The number of piperidine rings is 1. The fourth-order valence-electron chi connectivity index (χ4n) is 4.23. The van der Waals surface area contributed by atoms with Crippen molar-refractivity contribution < 1.29 is 9.59 Å². The zero-order valence-corrected chi connectivity index (χ0v) is 20.8. The minimum absolute atomic E-state index is 0.0292. The molecule has 6 nitrogen and oxygen atoms in total. The van der Waals surface area contributed by atoms with Gasteiger partial charge in [-0.1, -0.05) is 22.0 Å². The van der Waals surface area contributed by atoms with Gasteiger partial charge in [-0.05, 0) is 61.9 Å². The third kappa shape index (κ3) is 5.37. The quantitative estimate of drug-likeness (QED) is 0.360. The molecule has 33 heavy (non-hydrogen) atoms.